The lowest BCUT2D eigenvalue weighted by Crippen LogP contribution is -2.08. The summed E-state index contributed by atoms with van der Waals surface area (Å²) in [5.74, 6) is 0. The van der Waals surface area contributed by atoms with Crippen LogP contribution in [-0.4, -0.2) is 0 Å². The normalized spacial score (nSPS) is 12.2. The van der Waals surface area contributed by atoms with Crippen molar-refractivity contribution in [3.8, 4) is 0 Å². The molecule has 0 saturated heterocycles. The molecule has 18 heavy (non-hydrogen) atoms. The summed E-state index contributed by atoms with van der Waals surface area (Å²) < 4.78 is 0. The van der Waals surface area contributed by atoms with Crippen LogP contribution in [0.2, 0.25) is 5.02 Å². The minimum Gasteiger partial charge on any atom is -0.397 e. The first kappa shape index (κ1) is 12.8. The van der Waals surface area contributed by atoms with E-state index in [0.717, 1.165) is 27.5 Å². The van der Waals surface area contributed by atoms with Gasteiger partial charge >= 0.3 is 0 Å². The molecule has 0 radical (unpaired) electrons. The van der Waals surface area contributed by atoms with Gasteiger partial charge < -0.3 is 11.1 Å². The zero-order valence-corrected chi connectivity index (χ0v) is 11.3. The van der Waals surface area contributed by atoms with Crippen LogP contribution in [0.5, 0.6) is 0 Å². The molecule has 0 saturated carbocycles. The molecule has 1 atom stereocenters. The number of rotatable bonds is 3. The Morgan fingerprint density at radius 1 is 1.17 bits per heavy atom. The summed E-state index contributed by atoms with van der Waals surface area (Å²) in [6, 6.07) is 13.9. The lowest BCUT2D eigenvalue weighted by Gasteiger charge is -2.18. The molecule has 1 unspecified atom stereocenters. The molecule has 2 rings (SSSR count). The van der Waals surface area contributed by atoms with E-state index < -0.39 is 0 Å². The third kappa shape index (κ3) is 2.77. The Hall–Kier alpha value is -1.67. The zero-order chi connectivity index (χ0) is 13.1. The van der Waals surface area contributed by atoms with Crippen molar-refractivity contribution in [2.45, 2.75) is 19.9 Å². The van der Waals surface area contributed by atoms with Crippen LogP contribution in [0.25, 0.3) is 0 Å². The molecule has 0 aliphatic carbocycles. The van der Waals surface area contributed by atoms with Gasteiger partial charge in [0.2, 0.25) is 0 Å². The molecule has 94 valence electrons. The maximum Gasteiger partial charge on any atom is 0.0578 e. The molecule has 2 nitrogen and oxygen atoms in total. The van der Waals surface area contributed by atoms with Gasteiger partial charge in [-0.2, -0.15) is 0 Å². The van der Waals surface area contributed by atoms with Gasteiger partial charge in [-0.15, -0.1) is 0 Å². The fraction of sp³-hybridized carbons (Fsp3) is 0.200. The second kappa shape index (κ2) is 5.32. The first-order valence-corrected chi connectivity index (χ1v) is 6.33. The molecule has 0 bridgehead atoms. The minimum absolute atomic E-state index is 0.115. The maximum atomic E-state index is 6.18. The van der Waals surface area contributed by atoms with Crippen LogP contribution in [0.15, 0.2) is 42.5 Å². The van der Waals surface area contributed by atoms with E-state index in [2.05, 4.69) is 12.2 Å². The molecular formula is C15H17ClN2. The molecule has 3 N–H and O–H groups in total. The van der Waals surface area contributed by atoms with Crippen LogP contribution in [0, 0.1) is 6.92 Å². The number of halogens is 1. The molecular weight excluding hydrogens is 244 g/mol. The third-order valence-electron chi connectivity index (χ3n) is 2.95. The van der Waals surface area contributed by atoms with Crippen LogP contribution in [-0.2, 0) is 0 Å². The van der Waals surface area contributed by atoms with Crippen LogP contribution in [0.1, 0.15) is 24.1 Å². The highest BCUT2D eigenvalue weighted by Gasteiger charge is 2.10. The molecule has 2 aromatic carbocycles. The quantitative estimate of drug-likeness (QED) is 0.803. The van der Waals surface area contributed by atoms with Gasteiger partial charge in [-0.1, -0.05) is 35.9 Å². The van der Waals surface area contributed by atoms with Crippen molar-refractivity contribution in [1.29, 1.82) is 0 Å². The first-order chi connectivity index (χ1) is 8.58. The largest absolute Gasteiger partial charge is 0.397 e. The number of benzene rings is 2. The average Bonchev–Trinajstić information content (AvgIpc) is 2.33. The van der Waals surface area contributed by atoms with Crippen LogP contribution in [0.4, 0.5) is 11.4 Å². The Morgan fingerprint density at radius 3 is 2.56 bits per heavy atom. The molecule has 0 amide bonds. The summed E-state index contributed by atoms with van der Waals surface area (Å²) in [5, 5.41) is 4.15. The van der Waals surface area contributed by atoms with Crippen LogP contribution in [0.3, 0.4) is 0 Å². The summed E-state index contributed by atoms with van der Waals surface area (Å²) in [5.41, 5.74) is 9.91. The number of hydrogen-bond donors (Lipinski definition) is 2. The van der Waals surface area contributed by atoms with Gasteiger partial charge in [-0.3, -0.25) is 0 Å². The number of anilines is 2. The van der Waals surface area contributed by atoms with Gasteiger partial charge in [0.25, 0.3) is 0 Å². The molecule has 0 heterocycles. The monoisotopic (exact) mass is 260 g/mol. The van der Waals surface area contributed by atoms with Gasteiger partial charge in [0.1, 0.15) is 0 Å². The van der Waals surface area contributed by atoms with E-state index in [9.17, 15) is 0 Å². The summed E-state index contributed by atoms with van der Waals surface area (Å²) >= 11 is 6.18. The van der Waals surface area contributed by atoms with Crippen LogP contribution >= 0.6 is 11.6 Å². The Morgan fingerprint density at radius 2 is 1.89 bits per heavy atom. The zero-order valence-electron chi connectivity index (χ0n) is 10.6. The Labute approximate surface area is 113 Å². The Balaban J connectivity index is 2.21. The number of nitrogen functional groups attached to an aromatic ring is 1. The predicted molar refractivity (Wildman–Crippen MR) is 79.1 cm³/mol. The van der Waals surface area contributed by atoms with E-state index in [0.29, 0.717) is 0 Å². The lowest BCUT2D eigenvalue weighted by atomic mass is 10.1. The first-order valence-electron chi connectivity index (χ1n) is 5.95. The minimum atomic E-state index is 0.115. The topological polar surface area (TPSA) is 38.0 Å². The summed E-state index contributed by atoms with van der Waals surface area (Å²) in [4.78, 5) is 0. The molecule has 0 fully saturated rings. The van der Waals surface area contributed by atoms with Gasteiger partial charge in [0, 0.05) is 5.02 Å². The maximum absolute atomic E-state index is 6.18. The number of nitrogens with one attached hydrogen (secondary N) is 1. The van der Waals surface area contributed by atoms with Crippen molar-refractivity contribution in [2.75, 3.05) is 11.1 Å². The number of nitrogens with two attached hydrogens (primary N) is 1. The summed E-state index contributed by atoms with van der Waals surface area (Å²) in [7, 11) is 0. The standard InChI is InChI=1S/C15H17ClN2/c1-10-7-8-15(14(17)9-10)18-11(2)12-5-3-4-6-13(12)16/h3-9,11,18H,17H2,1-2H3. The van der Waals surface area contributed by atoms with Crippen molar-refractivity contribution in [1.82, 2.24) is 0 Å². The van der Waals surface area contributed by atoms with E-state index in [1.165, 1.54) is 0 Å². The van der Waals surface area contributed by atoms with E-state index >= 15 is 0 Å². The van der Waals surface area contributed by atoms with Gasteiger partial charge in [0.15, 0.2) is 0 Å². The van der Waals surface area contributed by atoms with E-state index in [4.69, 9.17) is 17.3 Å². The molecule has 0 spiro atoms. The molecule has 0 aliphatic heterocycles. The second-order valence-corrected chi connectivity index (χ2v) is 4.89. The van der Waals surface area contributed by atoms with Crippen molar-refractivity contribution in [3.63, 3.8) is 0 Å². The van der Waals surface area contributed by atoms with Crippen molar-refractivity contribution in [2.24, 2.45) is 0 Å². The third-order valence-corrected chi connectivity index (χ3v) is 3.30. The fourth-order valence-corrected chi connectivity index (χ4v) is 2.25. The highest BCUT2D eigenvalue weighted by molar-refractivity contribution is 6.31. The second-order valence-electron chi connectivity index (χ2n) is 4.48. The molecule has 0 aromatic heterocycles. The number of hydrogen-bond acceptors (Lipinski definition) is 2. The molecule has 3 heteroatoms. The van der Waals surface area contributed by atoms with E-state index in [1.54, 1.807) is 0 Å². The predicted octanol–water partition coefficient (Wildman–Crippen LogP) is 4.40. The number of aryl methyl sites for hydroxylation is 1. The lowest BCUT2D eigenvalue weighted by molar-refractivity contribution is 0.885. The van der Waals surface area contributed by atoms with Crippen LogP contribution < -0.4 is 11.1 Å². The summed E-state index contributed by atoms with van der Waals surface area (Å²) in [6.07, 6.45) is 0. The smallest absolute Gasteiger partial charge is 0.0578 e. The fourth-order valence-electron chi connectivity index (χ4n) is 1.95. The van der Waals surface area contributed by atoms with E-state index in [1.807, 2.05) is 49.4 Å². The average molecular weight is 261 g/mol. The SMILES string of the molecule is Cc1ccc(NC(C)c2ccccc2Cl)c(N)c1. The summed E-state index contributed by atoms with van der Waals surface area (Å²) in [6.45, 7) is 4.10. The van der Waals surface area contributed by atoms with Gasteiger partial charge in [-0.25, -0.2) is 0 Å². The highest BCUT2D eigenvalue weighted by Crippen LogP contribution is 2.28. The molecule has 0 aliphatic rings. The van der Waals surface area contributed by atoms with E-state index in [-0.39, 0.29) is 6.04 Å². The van der Waals surface area contributed by atoms with Crippen molar-refractivity contribution >= 4 is 23.0 Å². The molecule has 2 aromatic rings. The highest BCUT2D eigenvalue weighted by atomic mass is 35.5. The Bertz CT molecular complexity index is 552. The van der Waals surface area contributed by atoms with Crippen molar-refractivity contribution < 1.29 is 0 Å². The van der Waals surface area contributed by atoms with Gasteiger partial charge in [-0.05, 0) is 43.2 Å². The van der Waals surface area contributed by atoms with Crippen molar-refractivity contribution in [3.05, 3.63) is 58.6 Å². The Kier molecular flexibility index (Phi) is 3.78. The van der Waals surface area contributed by atoms with Gasteiger partial charge in [0.05, 0.1) is 17.4 Å².